The summed E-state index contributed by atoms with van der Waals surface area (Å²) >= 11 is 0. The van der Waals surface area contributed by atoms with E-state index >= 15 is 0 Å². The molecule has 1 rings (SSSR count). The van der Waals surface area contributed by atoms with Gasteiger partial charge >= 0.3 is 0 Å². The van der Waals surface area contributed by atoms with Crippen LogP contribution in [-0.2, 0) is 0 Å². The first-order valence-corrected chi connectivity index (χ1v) is 6.96. The highest BCUT2D eigenvalue weighted by Crippen LogP contribution is 2.33. The molecule has 0 aromatic heterocycles. The zero-order valence-corrected chi connectivity index (χ0v) is 11.8. The van der Waals surface area contributed by atoms with Gasteiger partial charge in [-0.1, -0.05) is 20.3 Å². The molecule has 0 bridgehead atoms. The van der Waals surface area contributed by atoms with Gasteiger partial charge in [-0.15, -0.1) is 0 Å². The molecule has 98 valence electrons. The molecule has 0 heterocycles. The van der Waals surface area contributed by atoms with Crippen molar-refractivity contribution >= 4 is 0 Å². The van der Waals surface area contributed by atoms with E-state index in [-0.39, 0.29) is 5.54 Å². The molecule has 1 aliphatic rings. The summed E-state index contributed by atoms with van der Waals surface area (Å²) in [6.07, 6.45) is 5.58. The van der Waals surface area contributed by atoms with E-state index in [9.17, 15) is 5.26 Å². The third-order valence-corrected chi connectivity index (χ3v) is 4.20. The summed E-state index contributed by atoms with van der Waals surface area (Å²) in [5.74, 6) is 0. The van der Waals surface area contributed by atoms with E-state index in [2.05, 4.69) is 44.1 Å². The molecule has 0 aromatic carbocycles. The van der Waals surface area contributed by atoms with Crippen LogP contribution in [0.3, 0.4) is 0 Å². The Bertz CT molecular complexity index is 271. The van der Waals surface area contributed by atoms with Crippen LogP contribution < -0.4 is 5.32 Å². The molecule has 1 saturated carbocycles. The molecule has 0 amide bonds. The van der Waals surface area contributed by atoms with E-state index in [0.29, 0.717) is 12.1 Å². The molecule has 1 N–H and O–H groups in total. The maximum absolute atomic E-state index is 9.36. The van der Waals surface area contributed by atoms with Gasteiger partial charge in [0.05, 0.1) is 6.07 Å². The summed E-state index contributed by atoms with van der Waals surface area (Å²) in [7, 11) is 2.21. The Morgan fingerprint density at radius 3 is 2.76 bits per heavy atom. The van der Waals surface area contributed by atoms with Crippen LogP contribution in [-0.4, -0.2) is 36.1 Å². The summed E-state index contributed by atoms with van der Waals surface area (Å²) in [5.41, 5.74) is -0.264. The van der Waals surface area contributed by atoms with E-state index in [0.717, 1.165) is 25.8 Å². The molecule has 0 radical (unpaired) electrons. The van der Waals surface area contributed by atoms with Crippen molar-refractivity contribution < 1.29 is 0 Å². The van der Waals surface area contributed by atoms with Crippen LogP contribution in [0.25, 0.3) is 0 Å². The minimum Gasteiger partial charge on any atom is -0.301 e. The fourth-order valence-corrected chi connectivity index (χ4v) is 2.99. The first kappa shape index (κ1) is 14.5. The second kappa shape index (κ2) is 6.37. The SMILES string of the molecule is CCCC(C)N(C)C1CCC(C#N)(NCC)C1. The Balaban J connectivity index is 2.57. The van der Waals surface area contributed by atoms with Gasteiger partial charge in [-0.2, -0.15) is 5.26 Å². The Labute approximate surface area is 106 Å². The molecule has 0 aromatic rings. The van der Waals surface area contributed by atoms with Gasteiger partial charge < -0.3 is 4.90 Å². The molecule has 3 unspecified atom stereocenters. The summed E-state index contributed by atoms with van der Waals surface area (Å²) in [4.78, 5) is 2.47. The van der Waals surface area contributed by atoms with Crippen molar-refractivity contribution in [1.29, 1.82) is 5.26 Å². The predicted octanol–water partition coefficient (Wildman–Crippen LogP) is 2.53. The molecule has 17 heavy (non-hydrogen) atoms. The minimum atomic E-state index is -0.264. The third kappa shape index (κ3) is 3.43. The summed E-state index contributed by atoms with van der Waals surface area (Å²) in [6, 6.07) is 3.69. The molecule has 1 fully saturated rings. The molecule has 1 aliphatic carbocycles. The van der Waals surface area contributed by atoms with Gasteiger partial charge in [0.15, 0.2) is 0 Å². The average molecular weight is 237 g/mol. The molecule has 0 aliphatic heterocycles. The van der Waals surface area contributed by atoms with Gasteiger partial charge in [0.2, 0.25) is 0 Å². The van der Waals surface area contributed by atoms with Crippen molar-refractivity contribution in [1.82, 2.24) is 10.2 Å². The molecule has 3 atom stereocenters. The average Bonchev–Trinajstić information content (AvgIpc) is 2.74. The Morgan fingerprint density at radius 2 is 2.24 bits per heavy atom. The van der Waals surface area contributed by atoms with Gasteiger partial charge in [-0.05, 0) is 46.2 Å². The number of nitrogens with zero attached hydrogens (tertiary/aromatic N) is 2. The maximum Gasteiger partial charge on any atom is 0.108 e. The van der Waals surface area contributed by atoms with Crippen LogP contribution >= 0.6 is 0 Å². The van der Waals surface area contributed by atoms with E-state index in [1.54, 1.807) is 0 Å². The van der Waals surface area contributed by atoms with Crippen molar-refractivity contribution in [2.75, 3.05) is 13.6 Å². The maximum atomic E-state index is 9.36. The van der Waals surface area contributed by atoms with E-state index < -0.39 is 0 Å². The van der Waals surface area contributed by atoms with E-state index in [1.165, 1.54) is 12.8 Å². The fraction of sp³-hybridized carbons (Fsp3) is 0.929. The highest BCUT2D eigenvalue weighted by Gasteiger charge is 2.40. The number of hydrogen-bond acceptors (Lipinski definition) is 3. The van der Waals surface area contributed by atoms with Crippen LogP contribution in [0.5, 0.6) is 0 Å². The van der Waals surface area contributed by atoms with Crippen LogP contribution in [0.1, 0.15) is 52.9 Å². The van der Waals surface area contributed by atoms with Gasteiger partial charge in [-0.3, -0.25) is 5.32 Å². The van der Waals surface area contributed by atoms with Gasteiger partial charge in [-0.25, -0.2) is 0 Å². The van der Waals surface area contributed by atoms with E-state index in [1.807, 2.05) is 0 Å². The first-order valence-electron chi connectivity index (χ1n) is 6.96. The normalized spacial score (nSPS) is 30.5. The smallest absolute Gasteiger partial charge is 0.108 e. The Morgan fingerprint density at radius 1 is 1.53 bits per heavy atom. The molecule has 0 spiro atoms. The molecular formula is C14H27N3. The largest absolute Gasteiger partial charge is 0.301 e. The second-order valence-corrected chi connectivity index (χ2v) is 5.42. The van der Waals surface area contributed by atoms with Crippen LogP contribution in [0.2, 0.25) is 0 Å². The number of nitrogens with one attached hydrogen (secondary N) is 1. The van der Waals surface area contributed by atoms with Crippen molar-refractivity contribution in [3.63, 3.8) is 0 Å². The Hall–Kier alpha value is -0.590. The van der Waals surface area contributed by atoms with Crippen LogP contribution in [0, 0.1) is 11.3 Å². The molecular weight excluding hydrogens is 210 g/mol. The highest BCUT2D eigenvalue weighted by atomic mass is 15.2. The molecule has 3 heteroatoms. The second-order valence-electron chi connectivity index (χ2n) is 5.42. The van der Waals surface area contributed by atoms with Gasteiger partial charge in [0.25, 0.3) is 0 Å². The number of rotatable bonds is 6. The summed E-state index contributed by atoms with van der Waals surface area (Å²) < 4.78 is 0. The van der Waals surface area contributed by atoms with Crippen molar-refractivity contribution in [2.24, 2.45) is 0 Å². The summed E-state index contributed by atoms with van der Waals surface area (Å²) in [6.45, 7) is 7.49. The fourth-order valence-electron chi connectivity index (χ4n) is 2.99. The lowest BCUT2D eigenvalue weighted by atomic mass is 9.99. The topological polar surface area (TPSA) is 39.1 Å². The molecule has 0 saturated heterocycles. The van der Waals surface area contributed by atoms with Crippen LogP contribution in [0.15, 0.2) is 0 Å². The number of hydrogen-bond donors (Lipinski definition) is 1. The first-order chi connectivity index (χ1) is 8.08. The van der Waals surface area contributed by atoms with Crippen molar-refractivity contribution in [3.8, 4) is 6.07 Å². The van der Waals surface area contributed by atoms with Gasteiger partial charge in [0.1, 0.15) is 5.54 Å². The lowest BCUT2D eigenvalue weighted by Gasteiger charge is -2.31. The molecule has 3 nitrogen and oxygen atoms in total. The standard InChI is InChI=1S/C14H27N3/c1-5-7-12(3)17(4)13-8-9-14(10-13,11-15)16-6-2/h12-13,16H,5-10H2,1-4H3. The van der Waals surface area contributed by atoms with Crippen molar-refractivity contribution in [2.45, 2.75) is 70.5 Å². The third-order valence-electron chi connectivity index (χ3n) is 4.20. The van der Waals surface area contributed by atoms with Crippen LogP contribution in [0.4, 0.5) is 0 Å². The van der Waals surface area contributed by atoms with E-state index in [4.69, 9.17) is 0 Å². The zero-order chi connectivity index (χ0) is 12.9. The van der Waals surface area contributed by atoms with Gasteiger partial charge in [0, 0.05) is 12.1 Å². The quantitative estimate of drug-likeness (QED) is 0.771. The van der Waals surface area contributed by atoms with Crippen molar-refractivity contribution in [3.05, 3.63) is 0 Å². The zero-order valence-electron chi connectivity index (χ0n) is 11.8. The predicted molar refractivity (Wildman–Crippen MR) is 71.8 cm³/mol. The monoisotopic (exact) mass is 237 g/mol. The highest BCUT2D eigenvalue weighted by molar-refractivity contribution is 5.13. The number of nitriles is 1. The lowest BCUT2D eigenvalue weighted by molar-refractivity contribution is 0.172. The lowest BCUT2D eigenvalue weighted by Crippen LogP contribution is -2.44. The summed E-state index contributed by atoms with van der Waals surface area (Å²) in [5, 5.41) is 12.7. The Kier molecular flexibility index (Phi) is 5.42. The minimum absolute atomic E-state index is 0.264.